The average Bonchev–Trinajstić information content (AvgIpc) is 2.43. The molecule has 2 unspecified atom stereocenters. The highest BCUT2D eigenvalue weighted by Crippen LogP contribution is 2.13. The van der Waals surface area contributed by atoms with Crippen LogP contribution < -0.4 is 11.1 Å². The van der Waals surface area contributed by atoms with Gasteiger partial charge in [0.2, 0.25) is 11.8 Å². The van der Waals surface area contributed by atoms with Crippen molar-refractivity contribution in [2.45, 2.75) is 26.3 Å². The van der Waals surface area contributed by atoms with Crippen molar-refractivity contribution < 1.29 is 18.4 Å². The molecule has 0 aromatic heterocycles. The molecule has 3 N–H and O–H groups in total. The van der Waals surface area contributed by atoms with Crippen LogP contribution in [0, 0.1) is 17.6 Å². The third-order valence-electron chi connectivity index (χ3n) is 3.45. The Balaban J connectivity index is 2.62. The van der Waals surface area contributed by atoms with Crippen molar-refractivity contribution in [2.75, 3.05) is 18.9 Å². The minimum Gasteiger partial charge on any atom is -0.335 e. The van der Waals surface area contributed by atoms with Gasteiger partial charge in [-0.15, -0.1) is 0 Å². The molecule has 0 saturated heterocycles. The Morgan fingerprint density at radius 3 is 2.32 bits per heavy atom. The standard InChI is InChI=1S/C15H21F2N3O2/c1-4-9(2)14(18)15(22)20(3)8-13(21)19-12-6-10(16)5-11(17)7-12/h5-7,9,14H,4,8,18H2,1-3H3,(H,19,21). The van der Waals surface area contributed by atoms with Crippen molar-refractivity contribution in [3.05, 3.63) is 29.8 Å². The van der Waals surface area contributed by atoms with Gasteiger partial charge in [-0.05, 0) is 18.1 Å². The van der Waals surface area contributed by atoms with Crippen molar-refractivity contribution in [1.29, 1.82) is 0 Å². The number of anilines is 1. The number of benzene rings is 1. The normalized spacial score (nSPS) is 13.4. The van der Waals surface area contributed by atoms with Crippen molar-refractivity contribution in [2.24, 2.45) is 11.7 Å². The number of halogens is 2. The summed E-state index contributed by atoms with van der Waals surface area (Å²) in [6.45, 7) is 3.52. The van der Waals surface area contributed by atoms with E-state index in [-0.39, 0.29) is 24.1 Å². The molecule has 0 fully saturated rings. The Labute approximate surface area is 128 Å². The second kappa shape index (κ2) is 7.84. The smallest absolute Gasteiger partial charge is 0.243 e. The molecule has 0 aliphatic rings. The summed E-state index contributed by atoms with van der Waals surface area (Å²) in [5, 5.41) is 2.34. The predicted octanol–water partition coefficient (Wildman–Crippen LogP) is 1.74. The Morgan fingerprint density at radius 1 is 1.27 bits per heavy atom. The molecule has 1 aromatic carbocycles. The molecule has 2 atom stereocenters. The van der Waals surface area contributed by atoms with Crippen LogP contribution in [-0.4, -0.2) is 36.3 Å². The highest BCUT2D eigenvalue weighted by molar-refractivity contribution is 5.95. The van der Waals surface area contributed by atoms with Crippen LogP contribution in [-0.2, 0) is 9.59 Å². The van der Waals surface area contributed by atoms with Crippen molar-refractivity contribution in [3.8, 4) is 0 Å². The van der Waals surface area contributed by atoms with E-state index in [0.29, 0.717) is 6.07 Å². The first-order valence-electron chi connectivity index (χ1n) is 7.01. The van der Waals surface area contributed by atoms with E-state index in [1.807, 2.05) is 13.8 Å². The van der Waals surface area contributed by atoms with Gasteiger partial charge in [-0.3, -0.25) is 9.59 Å². The fourth-order valence-corrected chi connectivity index (χ4v) is 1.87. The van der Waals surface area contributed by atoms with Gasteiger partial charge in [0.1, 0.15) is 11.6 Å². The molecule has 0 bridgehead atoms. The van der Waals surface area contributed by atoms with E-state index in [9.17, 15) is 18.4 Å². The van der Waals surface area contributed by atoms with E-state index >= 15 is 0 Å². The molecule has 0 saturated carbocycles. The zero-order valence-electron chi connectivity index (χ0n) is 12.9. The lowest BCUT2D eigenvalue weighted by molar-refractivity contribution is -0.135. The Bertz CT molecular complexity index is 531. The van der Waals surface area contributed by atoms with E-state index < -0.39 is 23.6 Å². The summed E-state index contributed by atoms with van der Waals surface area (Å²) >= 11 is 0. The molecule has 1 rings (SSSR count). The maximum Gasteiger partial charge on any atom is 0.243 e. The summed E-state index contributed by atoms with van der Waals surface area (Å²) in [4.78, 5) is 25.1. The quantitative estimate of drug-likeness (QED) is 0.840. The molecule has 22 heavy (non-hydrogen) atoms. The van der Waals surface area contributed by atoms with Crippen LogP contribution in [0.25, 0.3) is 0 Å². The fraction of sp³-hybridized carbons (Fsp3) is 0.467. The zero-order chi connectivity index (χ0) is 16.9. The van der Waals surface area contributed by atoms with Gasteiger partial charge in [-0.2, -0.15) is 0 Å². The molecule has 0 aliphatic heterocycles. The van der Waals surface area contributed by atoms with Crippen LogP contribution in [0.5, 0.6) is 0 Å². The van der Waals surface area contributed by atoms with Gasteiger partial charge in [-0.1, -0.05) is 20.3 Å². The van der Waals surface area contributed by atoms with Crippen molar-refractivity contribution in [3.63, 3.8) is 0 Å². The van der Waals surface area contributed by atoms with Crippen LogP contribution in [0.2, 0.25) is 0 Å². The maximum absolute atomic E-state index is 13.0. The number of nitrogens with zero attached hydrogens (tertiary/aromatic N) is 1. The summed E-state index contributed by atoms with van der Waals surface area (Å²) in [5.74, 6) is -2.50. The van der Waals surface area contributed by atoms with Gasteiger partial charge in [0.15, 0.2) is 0 Å². The highest BCUT2D eigenvalue weighted by Gasteiger charge is 2.24. The lowest BCUT2D eigenvalue weighted by Crippen LogP contribution is -2.47. The number of likely N-dealkylation sites (N-methyl/N-ethyl adjacent to an activating group) is 1. The summed E-state index contributed by atoms with van der Waals surface area (Å²) in [6, 6.07) is 2.01. The van der Waals surface area contributed by atoms with E-state index in [4.69, 9.17) is 5.73 Å². The summed E-state index contributed by atoms with van der Waals surface area (Å²) < 4.78 is 26.1. The van der Waals surface area contributed by atoms with Gasteiger partial charge >= 0.3 is 0 Å². The second-order valence-corrected chi connectivity index (χ2v) is 5.31. The van der Waals surface area contributed by atoms with Crippen LogP contribution in [0.1, 0.15) is 20.3 Å². The number of nitrogens with two attached hydrogens (primary N) is 1. The first kappa shape index (κ1) is 18.0. The molecule has 0 spiro atoms. The van der Waals surface area contributed by atoms with Crippen molar-refractivity contribution >= 4 is 17.5 Å². The largest absolute Gasteiger partial charge is 0.335 e. The van der Waals surface area contributed by atoms with Gasteiger partial charge in [0.25, 0.3) is 0 Å². The molecule has 7 heteroatoms. The third kappa shape index (κ3) is 5.07. The predicted molar refractivity (Wildman–Crippen MR) is 80.1 cm³/mol. The molecular weight excluding hydrogens is 292 g/mol. The van der Waals surface area contributed by atoms with E-state index in [1.165, 1.54) is 11.9 Å². The van der Waals surface area contributed by atoms with Gasteiger partial charge in [0.05, 0.1) is 12.6 Å². The molecule has 0 aliphatic carbocycles. The summed E-state index contributed by atoms with van der Waals surface area (Å²) in [5.41, 5.74) is 5.81. The Hall–Kier alpha value is -2.02. The summed E-state index contributed by atoms with van der Waals surface area (Å²) in [7, 11) is 1.45. The Kier molecular flexibility index (Phi) is 6.42. The van der Waals surface area contributed by atoms with E-state index in [2.05, 4.69) is 5.32 Å². The molecule has 0 heterocycles. The Morgan fingerprint density at radius 2 is 1.82 bits per heavy atom. The number of amides is 2. The lowest BCUT2D eigenvalue weighted by Gasteiger charge is -2.24. The first-order valence-corrected chi connectivity index (χ1v) is 7.01. The highest BCUT2D eigenvalue weighted by atomic mass is 19.1. The number of carbonyl (C=O) groups excluding carboxylic acids is 2. The molecule has 122 valence electrons. The van der Waals surface area contributed by atoms with Gasteiger partial charge in [0, 0.05) is 18.8 Å². The molecule has 1 aromatic rings. The van der Waals surface area contributed by atoms with Crippen molar-refractivity contribution in [1.82, 2.24) is 4.90 Å². The fourth-order valence-electron chi connectivity index (χ4n) is 1.87. The average molecular weight is 313 g/mol. The minimum absolute atomic E-state index is 0.00433. The lowest BCUT2D eigenvalue weighted by atomic mass is 9.99. The third-order valence-corrected chi connectivity index (χ3v) is 3.45. The van der Waals surface area contributed by atoms with E-state index in [0.717, 1.165) is 18.6 Å². The number of hydrogen-bond donors (Lipinski definition) is 2. The SMILES string of the molecule is CCC(C)C(N)C(=O)N(C)CC(=O)Nc1cc(F)cc(F)c1. The number of carbonyl (C=O) groups is 2. The maximum atomic E-state index is 13.0. The molecular formula is C15H21F2N3O2. The molecule has 2 amide bonds. The monoisotopic (exact) mass is 313 g/mol. The van der Waals surface area contributed by atoms with Gasteiger partial charge in [-0.25, -0.2) is 8.78 Å². The second-order valence-electron chi connectivity index (χ2n) is 5.31. The summed E-state index contributed by atoms with van der Waals surface area (Å²) in [6.07, 6.45) is 0.746. The number of rotatable bonds is 6. The number of nitrogens with one attached hydrogen (secondary N) is 1. The molecule has 0 radical (unpaired) electrons. The molecule has 5 nitrogen and oxygen atoms in total. The minimum atomic E-state index is -0.793. The van der Waals surface area contributed by atoms with Gasteiger partial charge < -0.3 is 16.0 Å². The topological polar surface area (TPSA) is 75.4 Å². The number of hydrogen-bond acceptors (Lipinski definition) is 3. The van der Waals surface area contributed by atoms with Crippen LogP contribution in [0.4, 0.5) is 14.5 Å². The first-order chi connectivity index (χ1) is 10.2. The zero-order valence-corrected chi connectivity index (χ0v) is 12.9. The van der Waals surface area contributed by atoms with Crippen LogP contribution in [0.3, 0.4) is 0 Å². The van der Waals surface area contributed by atoms with Crippen LogP contribution in [0.15, 0.2) is 18.2 Å². The van der Waals surface area contributed by atoms with E-state index in [1.54, 1.807) is 0 Å². The van der Waals surface area contributed by atoms with Crippen LogP contribution >= 0.6 is 0 Å².